The van der Waals surface area contributed by atoms with Crippen molar-refractivity contribution in [3.63, 3.8) is 0 Å². The Labute approximate surface area is 116 Å². The third-order valence-electron chi connectivity index (χ3n) is 2.44. The van der Waals surface area contributed by atoms with Crippen molar-refractivity contribution in [1.29, 1.82) is 0 Å². The largest absolute Gasteiger partial charge is 0.451 e. The lowest BCUT2D eigenvalue weighted by Gasteiger charge is -2.18. The van der Waals surface area contributed by atoms with Crippen molar-refractivity contribution < 1.29 is 26.5 Å². The van der Waals surface area contributed by atoms with Crippen LogP contribution < -0.4 is 5.14 Å². The molecule has 1 aromatic rings. The monoisotopic (exact) mass is 303 g/mol. The van der Waals surface area contributed by atoms with Gasteiger partial charge in [-0.2, -0.15) is 8.42 Å². The number of benzene rings is 1. The van der Waals surface area contributed by atoms with Crippen LogP contribution in [0.3, 0.4) is 0 Å². The molecule has 1 aliphatic rings. The number of hydrogen-bond donors (Lipinski definition) is 1. The van der Waals surface area contributed by atoms with E-state index in [1.54, 1.807) is 19.9 Å². The fourth-order valence-electron chi connectivity index (χ4n) is 1.75. The molecule has 1 heterocycles. The van der Waals surface area contributed by atoms with E-state index in [2.05, 4.69) is 4.18 Å². The molecule has 1 aromatic carbocycles. The van der Waals surface area contributed by atoms with Crippen LogP contribution in [-0.4, -0.2) is 20.8 Å². The summed E-state index contributed by atoms with van der Waals surface area (Å²) in [4.78, 5) is 0. The van der Waals surface area contributed by atoms with Gasteiger partial charge in [0.15, 0.2) is 11.5 Å². The highest BCUT2D eigenvalue weighted by molar-refractivity contribution is 7.84. The van der Waals surface area contributed by atoms with Gasteiger partial charge >= 0.3 is 10.3 Å². The minimum absolute atomic E-state index is 0.0640. The van der Waals surface area contributed by atoms with Crippen molar-refractivity contribution in [3.8, 4) is 0 Å². The van der Waals surface area contributed by atoms with Crippen molar-refractivity contribution in [3.05, 3.63) is 41.4 Å². The van der Waals surface area contributed by atoms with Crippen LogP contribution in [0.1, 0.15) is 19.4 Å². The zero-order valence-corrected chi connectivity index (χ0v) is 11.7. The van der Waals surface area contributed by atoms with Gasteiger partial charge < -0.3 is 9.47 Å². The average Bonchev–Trinajstić information content (AvgIpc) is 2.62. The molecular formula is C12H14FNO5S. The molecule has 0 spiro atoms. The average molecular weight is 303 g/mol. The smallest absolute Gasteiger partial charge is 0.333 e. The van der Waals surface area contributed by atoms with Gasteiger partial charge in [-0.05, 0) is 12.1 Å². The predicted molar refractivity (Wildman–Crippen MR) is 68.6 cm³/mol. The normalized spacial score (nSPS) is 17.8. The van der Waals surface area contributed by atoms with E-state index in [1.165, 1.54) is 18.2 Å². The molecule has 0 unspecified atom stereocenters. The van der Waals surface area contributed by atoms with Crippen LogP contribution >= 0.6 is 0 Å². The van der Waals surface area contributed by atoms with Gasteiger partial charge in [0.25, 0.3) is 0 Å². The summed E-state index contributed by atoms with van der Waals surface area (Å²) in [6.07, 6.45) is 0. The second kappa shape index (κ2) is 5.04. The van der Waals surface area contributed by atoms with Gasteiger partial charge in [-0.25, -0.2) is 13.7 Å². The Kier molecular flexibility index (Phi) is 3.72. The van der Waals surface area contributed by atoms with Gasteiger partial charge in [-0.1, -0.05) is 12.1 Å². The van der Waals surface area contributed by atoms with Crippen LogP contribution in [0.25, 0.3) is 5.76 Å². The summed E-state index contributed by atoms with van der Waals surface area (Å²) in [6, 6.07) is 5.90. The van der Waals surface area contributed by atoms with Crippen LogP contribution in [0.4, 0.5) is 4.39 Å². The molecule has 0 radical (unpaired) electrons. The SMILES string of the molecule is CC1(C)OC(COS(N)(=O)=O)=C(c2ccccc2F)O1. The number of nitrogens with two attached hydrogens (primary N) is 1. The standard InChI is InChI=1S/C12H14FNO5S/c1-12(2)18-10(7-17-20(14,15)16)11(19-12)8-5-3-4-6-9(8)13/h3-6H,7H2,1-2H3,(H2,14,15,16). The maximum Gasteiger partial charge on any atom is 0.333 e. The number of ether oxygens (including phenoxy) is 2. The van der Waals surface area contributed by atoms with Gasteiger partial charge in [0.2, 0.25) is 5.79 Å². The summed E-state index contributed by atoms with van der Waals surface area (Å²) >= 11 is 0. The van der Waals surface area contributed by atoms with E-state index in [0.717, 1.165) is 0 Å². The first-order valence-corrected chi connectivity index (χ1v) is 7.18. The topological polar surface area (TPSA) is 87.9 Å². The molecule has 2 rings (SSSR count). The fraction of sp³-hybridized carbons (Fsp3) is 0.333. The molecular weight excluding hydrogens is 289 g/mol. The summed E-state index contributed by atoms with van der Waals surface area (Å²) in [7, 11) is -4.13. The molecule has 0 saturated heterocycles. The zero-order chi connectivity index (χ0) is 15.0. The van der Waals surface area contributed by atoms with E-state index in [-0.39, 0.29) is 17.1 Å². The Bertz CT molecular complexity index is 654. The quantitative estimate of drug-likeness (QED) is 0.910. The summed E-state index contributed by atoms with van der Waals surface area (Å²) in [5, 5.41) is 4.75. The summed E-state index contributed by atoms with van der Waals surface area (Å²) in [6.45, 7) is 2.75. The lowest BCUT2D eigenvalue weighted by Crippen LogP contribution is -2.22. The van der Waals surface area contributed by atoms with Crippen molar-refractivity contribution >= 4 is 16.1 Å². The molecule has 0 fully saturated rings. The zero-order valence-electron chi connectivity index (χ0n) is 10.9. The second-order valence-electron chi connectivity index (χ2n) is 4.59. The predicted octanol–water partition coefficient (Wildman–Crippen LogP) is 1.50. The maximum atomic E-state index is 13.8. The molecule has 8 heteroatoms. The molecule has 0 aromatic heterocycles. The molecule has 0 aliphatic carbocycles. The Morgan fingerprint density at radius 1 is 1.30 bits per heavy atom. The van der Waals surface area contributed by atoms with Gasteiger partial charge in [0.1, 0.15) is 12.4 Å². The van der Waals surface area contributed by atoms with Crippen LogP contribution in [-0.2, 0) is 24.0 Å². The van der Waals surface area contributed by atoms with Crippen LogP contribution in [0.15, 0.2) is 30.0 Å². The maximum absolute atomic E-state index is 13.8. The highest BCUT2D eigenvalue weighted by Crippen LogP contribution is 2.37. The molecule has 110 valence electrons. The van der Waals surface area contributed by atoms with Crippen molar-refractivity contribution in [2.24, 2.45) is 5.14 Å². The first kappa shape index (κ1) is 14.8. The highest BCUT2D eigenvalue weighted by atomic mass is 32.2. The summed E-state index contributed by atoms with van der Waals surface area (Å²) in [5.41, 5.74) is 0.158. The highest BCUT2D eigenvalue weighted by Gasteiger charge is 2.36. The molecule has 2 N–H and O–H groups in total. The molecule has 20 heavy (non-hydrogen) atoms. The Hall–Kier alpha value is -1.64. The Morgan fingerprint density at radius 2 is 1.95 bits per heavy atom. The van der Waals surface area contributed by atoms with Crippen LogP contribution in [0.5, 0.6) is 0 Å². The van der Waals surface area contributed by atoms with E-state index in [1.807, 2.05) is 0 Å². The van der Waals surface area contributed by atoms with Crippen LogP contribution in [0, 0.1) is 5.82 Å². The molecule has 0 amide bonds. The summed E-state index contributed by atoms with van der Waals surface area (Å²) < 4.78 is 50.8. The lowest BCUT2D eigenvalue weighted by atomic mass is 10.1. The second-order valence-corrected chi connectivity index (χ2v) is 5.81. The Balaban J connectivity index is 2.36. The molecule has 6 nitrogen and oxygen atoms in total. The van der Waals surface area contributed by atoms with Gasteiger partial charge in [0, 0.05) is 13.8 Å². The Morgan fingerprint density at radius 3 is 2.55 bits per heavy atom. The molecule has 0 saturated carbocycles. The van der Waals surface area contributed by atoms with E-state index in [4.69, 9.17) is 14.6 Å². The first-order valence-electron chi connectivity index (χ1n) is 5.71. The summed E-state index contributed by atoms with van der Waals surface area (Å²) in [5.74, 6) is -1.41. The third kappa shape index (κ3) is 3.47. The minimum Gasteiger partial charge on any atom is -0.451 e. The van der Waals surface area contributed by atoms with Crippen LogP contribution in [0.2, 0.25) is 0 Å². The van der Waals surface area contributed by atoms with Gasteiger partial charge in [0.05, 0.1) is 5.56 Å². The molecule has 0 atom stereocenters. The number of rotatable bonds is 4. The molecule has 1 aliphatic heterocycles. The first-order chi connectivity index (χ1) is 9.18. The van der Waals surface area contributed by atoms with E-state index < -0.39 is 28.5 Å². The number of hydrogen-bond acceptors (Lipinski definition) is 5. The lowest BCUT2D eigenvalue weighted by molar-refractivity contribution is -0.113. The van der Waals surface area contributed by atoms with E-state index >= 15 is 0 Å². The fourth-order valence-corrected chi connectivity index (χ4v) is 2.02. The number of halogens is 1. The van der Waals surface area contributed by atoms with E-state index in [0.29, 0.717) is 0 Å². The third-order valence-corrected chi connectivity index (χ3v) is 2.89. The van der Waals surface area contributed by atoms with E-state index in [9.17, 15) is 12.8 Å². The van der Waals surface area contributed by atoms with Gasteiger partial charge in [-0.15, -0.1) is 0 Å². The van der Waals surface area contributed by atoms with Crippen molar-refractivity contribution in [2.45, 2.75) is 19.6 Å². The minimum atomic E-state index is -4.13. The van der Waals surface area contributed by atoms with Crippen molar-refractivity contribution in [1.82, 2.24) is 0 Å². The van der Waals surface area contributed by atoms with Crippen molar-refractivity contribution in [2.75, 3.05) is 6.61 Å². The van der Waals surface area contributed by atoms with Gasteiger partial charge in [-0.3, -0.25) is 0 Å². The molecule has 0 bridgehead atoms.